The van der Waals surface area contributed by atoms with Gasteiger partial charge < -0.3 is 15.1 Å². The Morgan fingerprint density at radius 1 is 1.19 bits per heavy atom. The Kier molecular flexibility index (Phi) is 6.20. The van der Waals surface area contributed by atoms with Gasteiger partial charge in [0.25, 0.3) is 5.91 Å². The lowest BCUT2D eigenvalue weighted by Crippen LogP contribution is -2.36. The molecule has 0 radical (unpaired) electrons. The van der Waals surface area contributed by atoms with Crippen molar-refractivity contribution < 1.29 is 22.4 Å². The zero-order valence-electron chi connectivity index (χ0n) is 17.5. The number of sulfone groups is 1. The van der Waals surface area contributed by atoms with E-state index in [2.05, 4.69) is 20.6 Å². The van der Waals surface area contributed by atoms with Gasteiger partial charge >= 0.3 is 0 Å². The first-order chi connectivity index (χ1) is 15.2. The van der Waals surface area contributed by atoms with Gasteiger partial charge in [-0.3, -0.25) is 9.59 Å². The summed E-state index contributed by atoms with van der Waals surface area (Å²) < 4.78 is 28.8. The number of furan rings is 1. The Labute approximate surface area is 189 Å². The fraction of sp³-hybridized carbons (Fsp3) is 0.333. The normalized spacial score (nSPS) is 17.4. The Hall–Kier alpha value is -2.92. The van der Waals surface area contributed by atoms with E-state index in [1.54, 1.807) is 31.2 Å². The summed E-state index contributed by atoms with van der Waals surface area (Å²) in [6, 6.07) is 8.40. The highest BCUT2D eigenvalue weighted by Gasteiger charge is 2.29. The highest BCUT2D eigenvalue weighted by Crippen LogP contribution is 2.31. The molecule has 2 N–H and O–H groups in total. The van der Waals surface area contributed by atoms with Gasteiger partial charge in [-0.05, 0) is 32.4 Å². The molecule has 2 aromatic heterocycles. The number of fused-ring (bicyclic) bond motifs is 1. The molecule has 0 aliphatic carbocycles. The molecular weight excluding hydrogens is 452 g/mol. The van der Waals surface area contributed by atoms with E-state index in [4.69, 9.17) is 4.42 Å². The van der Waals surface area contributed by atoms with E-state index in [1.165, 1.54) is 0 Å². The summed E-state index contributed by atoms with van der Waals surface area (Å²) in [6.07, 6.45) is 0.418. The summed E-state index contributed by atoms with van der Waals surface area (Å²) in [4.78, 5) is 33.8. The molecule has 2 amide bonds. The zero-order chi connectivity index (χ0) is 22.9. The number of aromatic nitrogens is 2. The number of anilines is 1. The fourth-order valence-corrected chi connectivity index (χ4v) is 5.78. The molecule has 0 spiro atoms. The minimum Gasteiger partial charge on any atom is -0.443 e. The van der Waals surface area contributed by atoms with Crippen LogP contribution in [0.15, 0.2) is 39.9 Å². The van der Waals surface area contributed by atoms with Crippen LogP contribution in [0.25, 0.3) is 11.1 Å². The molecule has 4 rings (SSSR count). The SMILES string of the molecule is Cc1oc2nc(SCC(=O)NC3CCS(=O)(=O)C3)nc(NC(=O)c3ccccc3)c2c1C. The van der Waals surface area contributed by atoms with Gasteiger partial charge in [-0.2, -0.15) is 4.98 Å². The molecule has 1 aliphatic rings. The molecule has 11 heteroatoms. The lowest BCUT2D eigenvalue weighted by Gasteiger charge is -2.11. The highest BCUT2D eigenvalue weighted by molar-refractivity contribution is 7.99. The number of hydrogen-bond acceptors (Lipinski definition) is 8. The highest BCUT2D eigenvalue weighted by atomic mass is 32.2. The number of hydrogen-bond donors (Lipinski definition) is 2. The molecule has 168 valence electrons. The molecular formula is C21H22N4O5S2. The van der Waals surface area contributed by atoms with E-state index in [0.29, 0.717) is 34.7 Å². The average Bonchev–Trinajstić information content (AvgIpc) is 3.24. The van der Waals surface area contributed by atoms with Crippen LogP contribution < -0.4 is 10.6 Å². The van der Waals surface area contributed by atoms with Crippen LogP contribution in [0, 0.1) is 13.8 Å². The van der Waals surface area contributed by atoms with Crippen LogP contribution >= 0.6 is 11.8 Å². The number of aryl methyl sites for hydroxylation is 2. The Morgan fingerprint density at radius 3 is 2.62 bits per heavy atom. The third-order valence-electron chi connectivity index (χ3n) is 5.21. The second-order valence-corrected chi connectivity index (χ2v) is 10.8. The molecule has 1 unspecified atom stereocenters. The fourth-order valence-electron chi connectivity index (χ4n) is 3.46. The topological polar surface area (TPSA) is 131 Å². The van der Waals surface area contributed by atoms with Crippen molar-refractivity contribution in [1.82, 2.24) is 15.3 Å². The lowest BCUT2D eigenvalue weighted by molar-refractivity contribution is -0.119. The minimum atomic E-state index is -3.07. The van der Waals surface area contributed by atoms with E-state index in [-0.39, 0.29) is 40.3 Å². The Bertz CT molecular complexity index is 1290. The van der Waals surface area contributed by atoms with Crippen LogP contribution in [-0.2, 0) is 14.6 Å². The van der Waals surface area contributed by atoms with Gasteiger partial charge in [0.15, 0.2) is 15.0 Å². The summed E-state index contributed by atoms with van der Waals surface area (Å²) >= 11 is 1.08. The van der Waals surface area contributed by atoms with E-state index >= 15 is 0 Å². The number of thioether (sulfide) groups is 1. The first-order valence-corrected chi connectivity index (χ1v) is 12.8. The van der Waals surface area contributed by atoms with Gasteiger partial charge in [0.1, 0.15) is 11.6 Å². The Morgan fingerprint density at radius 2 is 1.94 bits per heavy atom. The zero-order valence-corrected chi connectivity index (χ0v) is 19.2. The summed E-state index contributed by atoms with van der Waals surface area (Å²) in [5.74, 6) is 0.406. The number of amides is 2. The summed E-state index contributed by atoms with van der Waals surface area (Å²) in [5.41, 5.74) is 1.63. The van der Waals surface area contributed by atoms with Gasteiger partial charge in [0.05, 0.1) is 22.6 Å². The van der Waals surface area contributed by atoms with Gasteiger partial charge in [0.2, 0.25) is 11.6 Å². The summed E-state index contributed by atoms with van der Waals surface area (Å²) in [7, 11) is -3.07. The van der Waals surface area contributed by atoms with Crippen molar-refractivity contribution in [2.75, 3.05) is 22.6 Å². The first-order valence-electron chi connectivity index (χ1n) is 9.98. The number of nitrogens with one attached hydrogen (secondary N) is 2. The van der Waals surface area contributed by atoms with Crippen LogP contribution in [-0.4, -0.2) is 53.5 Å². The van der Waals surface area contributed by atoms with Crippen molar-refractivity contribution in [1.29, 1.82) is 0 Å². The molecule has 1 saturated heterocycles. The monoisotopic (exact) mass is 474 g/mol. The molecule has 9 nitrogen and oxygen atoms in total. The molecule has 3 aromatic rings. The van der Waals surface area contributed by atoms with Crippen molar-refractivity contribution in [3.63, 3.8) is 0 Å². The van der Waals surface area contributed by atoms with E-state index < -0.39 is 9.84 Å². The van der Waals surface area contributed by atoms with Crippen molar-refractivity contribution in [3.05, 3.63) is 47.2 Å². The minimum absolute atomic E-state index is 0.00674. The maximum Gasteiger partial charge on any atom is 0.256 e. The lowest BCUT2D eigenvalue weighted by atomic mass is 10.2. The number of carbonyl (C=O) groups excluding carboxylic acids is 2. The predicted molar refractivity (Wildman–Crippen MR) is 122 cm³/mol. The second kappa shape index (κ2) is 8.91. The standard InChI is InChI=1S/C21H22N4O5S2/c1-12-13(2)30-20-17(12)18(23-19(27)14-6-4-3-5-7-14)24-21(25-20)31-10-16(26)22-15-8-9-32(28,29)11-15/h3-7,15H,8-11H2,1-2H3,(H,22,26)(H,23,24,25,27). The van der Waals surface area contributed by atoms with Crippen molar-refractivity contribution >= 4 is 50.3 Å². The smallest absolute Gasteiger partial charge is 0.256 e. The maximum absolute atomic E-state index is 12.7. The predicted octanol–water partition coefficient (Wildman–Crippen LogP) is 2.49. The molecule has 1 aromatic carbocycles. The van der Waals surface area contributed by atoms with Crippen molar-refractivity contribution in [3.8, 4) is 0 Å². The number of nitrogens with zero attached hydrogens (tertiary/aromatic N) is 2. The van der Waals surface area contributed by atoms with Crippen molar-refractivity contribution in [2.24, 2.45) is 0 Å². The molecule has 1 atom stereocenters. The van der Waals surface area contributed by atoms with Crippen LogP contribution in [0.5, 0.6) is 0 Å². The van der Waals surface area contributed by atoms with E-state index in [9.17, 15) is 18.0 Å². The third-order valence-corrected chi connectivity index (χ3v) is 7.82. The number of rotatable bonds is 6. The molecule has 3 heterocycles. The maximum atomic E-state index is 12.7. The summed E-state index contributed by atoms with van der Waals surface area (Å²) in [5, 5.41) is 6.43. The Balaban J connectivity index is 1.52. The van der Waals surface area contributed by atoms with Crippen LogP contribution in [0.3, 0.4) is 0 Å². The molecule has 1 aliphatic heterocycles. The van der Waals surface area contributed by atoms with Gasteiger partial charge in [0, 0.05) is 17.2 Å². The third kappa shape index (κ3) is 4.94. The summed E-state index contributed by atoms with van der Waals surface area (Å²) in [6.45, 7) is 3.66. The molecule has 32 heavy (non-hydrogen) atoms. The van der Waals surface area contributed by atoms with Crippen LogP contribution in [0.1, 0.15) is 28.1 Å². The van der Waals surface area contributed by atoms with Crippen molar-refractivity contribution in [2.45, 2.75) is 31.5 Å². The molecule has 0 saturated carbocycles. The van der Waals surface area contributed by atoms with E-state index in [1.807, 2.05) is 13.0 Å². The molecule has 1 fully saturated rings. The van der Waals surface area contributed by atoms with Crippen LogP contribution in [0.4, 0.5) is 5.82 Å². The first kappa shape index (κ1) is 22.3. The van der Waals surface area contributed by atoms with Gasteiger partial charge in [-0.1, -0.05) is 30.0 Å². The van der Waals surface area contributed by atoms with Gasteiger partial charge in [-0.15, -0.1) is 0 Å². The van der Waals surface area contributed by atoms with Crippen LogP contribution in [0.2, 0.25) is 0 Å². The quantitative estimate of drug-likeness (QED) is 0.411. The average molecular weight is 475 g/mol. The second-order valence-electron chi connectivity index (χ2n) is 7.59. The van der Waals surface area contributed by atoms with Gasteiger partial charge in [-0.25, -0.2) is 13.4 Å². The number of benzene rings is 1. The molecule has 0 bridgehead atoms. The number of carbonyl (C=O) groups is 2. The largest absolute Gasteiger partial charge is 0.443 e. The van der Waals surface area contributed by atoms with E-state index in [0.717, 1.165) is 17.3 Å².